The van der Waals surface area contributed by atoms with E-state index in [-0.39, 0.29) is 18.2 Å². The van der Waals surface area contributed by atoms with Gasteiger partial charge in [-0.2, -0.15) is 26.3 Å². The molecule has 38 heavy (non-hydrogen) atoms. The van der Waals surface area contributed by atoms with Gasteiger partial charge in [-0.3, -0.25) is 4.90 Å². The van der Waals surface area contributed by atoms with E-state index in [1.807, 2.05) is 4.90 Å². The van der Waals surface area contributed by atoms with Crippen molar-refractivity contribution in [3.63, 3.8) is 0 Å². The van der Waals surface area contributed by atoms with Crippen LogP contribution in [0.4, 0.5) is 30.7 Å². The Morgan fingerprint density at radius 3 is 2.21 bits per heavy atom. The molecule has 1 N–H and O–H groups in total. The van der Waals surface area contributed by atoms with Crippen LogP contribution in [0, 0.1) is 17.7 Å². The maximum atomic E-state index is 13.6. The van der Waals surface area contributed by atoms with E-state index in [0.29, 0.717) is 43.2 Å². The van der Waals surface area contributed by atoms with E-state index in [0.717, 1.165) is 13.0 Å². The average molecular weight is 545 g/mol. The second-order valence-corrected chi connectivity index (χ2v) is 9.32. The van der Waals surface area contributed by atoms with Crippen molar-refractivity contribution in [2.24, 2.45) is 0 Å². The Labute approximate surface area is 216 Å². The summed E-state index contributed by atoms with van der Waals surface area (Å²) in [5, 5.41) is 3.26. The molecule has 4 rings (SSSR count). The van der Waals surface area contributed by atoms with Crippen LogP contribution >= 0.6 is 0 Å². The molecular formula is C27H27F7N2O2. The van der Waals surface area contributed by atoms with Crippen LogP contribution in [-0.2, 0) is 21.8 Å². The maximum Gasteiger partial charge on any atom is 0.416 e. The molecule has 0 saturated carbocycles. The quantitative estimate of drug-likeness (QED) is 0.352. The predicted octanol–water partition coefficient (Wildman–Crippen LogP) is 6.10. The Hall–Kier alpha value is -2.65. The number of morpholine rings is 1. The summed E-state index contributed by atoms with van der Waals surface area (Å²) in [6, 6.07) is 6.73. The van der Waals surface area contributed by atoms with Crippen LogP contribution in [-0.4, -0.2) is 43.5 Å². The van der Waals surface area contributed by atoms with Crippen LogP contribution in [0.1, 0.15) is 54.2 Å². The molecule has 2 fully saturated rings. The average Bonchev–Trinajstić information content (AvgIpc) is 2.82. The van der Waals surface area contributed by atoms with Crippen LogP contribution in [0.2, 0.25) is 0 Å². The zero-order valence-corrected chi connectivity index (χ0v) is 20.5. The number of nitrogens with zero attached hydrogens (tertiary/aromatic N) is 1. The molecule has 2 aromatic carbocycles. The normalized spacial score (nSPS) is 23.3. The van der Waals surface area contributed by atoms with E-state index in [9.17, 15) is 30.7 Å². The Kier molecular flexibility index (Phi) is 8.67. The number of rotatable bonds is 6. The standard InChI is InChI=1S/C27H27F7N2O2/c1-17(19-14-20(26(29,30)31)16-21(15-19)27(32,33)34)38-25-24(18-5-7-22(28)8-6-18)36(12-13-37-25)11-3-2-4-23-9-10-35-23/h5-8,14-17,23-25,35H,4,9-13H2,1H3/t17?,23?,24-,25+/m0/s1. The molecule has 0 bridgehead atoms. The molecule has 2 saturated heterocycles. The first-order valence-electron chi connectivity index (χ1n) is 12.2. The summed E-state index contributed by atoms with van der Waals surface area (Å²) < 4.78 is 106. The van der Waals surface area contributed by atoms with Gasteiger partial charge in [0.15, 0.2) is 6.29 Å². The molecular weight excluding hydrogens is 517 g/mol. The molecule has 2 aliphatic heterocycles. The monoisotopic (exact) mass is 544 g/mol. The second-order valence-electron chi connectivity index (χ2n) is 9.32. The SMILES string of the molecule is CC(O[C@H]1OCCN(CC#CCC2CCN2)[C@H]1c1ccc(F)cc1)c1cc(C(F)(F)F)cc(C(F)(F)F)c1. The van der Waals surface area contributed by atoms with Gasteiger partial charge in [-0.15, -0.1) is 5.92 Å². The van der Waals surface area contributed by atoms with Gasteiger partial charge in [0.2, 0.25) is 0 Å². The van der Waals surface area contributed by atoms with Gasteiger partial charge < -0.3 is 14.8 Å². The van der Waals surface area contributed by atoms with Crippen LogP contribution in [0.3, 0.4) is 0 Å². The highest BCUT2D eigenvalue weighted by atomic mass is 19.4. The minimum absolute atomic E-state index is 0.0776. The molecule has 2 heterocycles. The topological polar surface area (TPSA) is 33.7 Å². The second kappa shape index (κ2) is 11.6. The molecule has 0 radical (unpaired) electrons. The first kappa shape index (κ1) is 28.4. The van der Waals surface area contributed by atoms with E-state index >= 15 is 0 Å². The molecule has 11 heteroatoms. The van der Waals surface area contributed by atoms with Gasteiger partial charge in [0.1, 0.15) is 5.82 Å². The number of hydrogen-bond donors (Lipinski definition) is 1. The Balaban J connectivity index is 1.59. The summed E-state index contributed by atoms with van der Waals surface area (Å²) in [4.78, 5) is 1.95. The highest BCUT2D eigenvalue weighted by molar-refractivity contribution is 5.35. The molecule has 2 aliphatic rings. The van der Waals surface area contributed by atoms with E-state index in [1.54, 1.807) is 12.1 Å². The van der Waals surface area contributed by atoms with Gasteiger partial charge in [0.25, 0.3) is 0 Å². The summed E-state index contributed by atoms with van der Waals surface area (Å²) in [6.07, 6.45) is -10.4. The first-order valence-corrected chi connectivity index (χ1v) is 12.2. The van der Waals surface area contributed by atoms with E-state index in [1.165, 1.54) is 19.1 Å². The lowest BCUT2D eigenvalue weighted by molar-refractivity contribution is -0.228. The minimum Gasteiger partial charge on any atom is -0.349 e. The van der Waals surface area contributed by atoms with Gasteiger partial charge in [-0.25, -0.2) is 4.39 Å². The molecule has 2 unspecified atom stereocenters. The third-order valence-corrected chi connectivity index (χ3v) is 6.62. The fourth-order valence-electron chi connectivity index (χ4n) is 4.38. The molecule has 0 amide bonds. The Morgan fingerprint density at radius 2 is 1.66 bits per heavy atom. The van der Waals surface area contributed by atoms with Crippen LogP contribution in [0.5, 0.6) is 0 Å². The maximum absolute atomic E-state index is 13.6. The highest BCUT2D eigenvalue weighted by Gasteiger charge is 2.39. The summed E-state index contributed by atoms with van der Waals surface area (Å²) in [5.41, 5.74) is -2.52. The minimum atomic E-state index is -4.97. The molecule has 2 aromatic rings. The van der Waals surface area contributed by atoms with E-state index < -0.39 is 47.7 Å². The largest absolute Gasteiger partial charge is 0.416 e. The molecule has 0 aromatic heterocycles. The van der Waals surface area contributed by atoms with Gasteiger partial charge in [0, 0.05) is 19.0 Å². The fourth-order valence-corrected chi connectivity index (χ4v) is 4.38. The number of nitrogens with one attached hydrogen (secondary N) is 1. The van der Waals surface area contributed by atoms with Gasteiger partial charge in [-0.05, 0) is 61.3 Å². The van der Waals surface area contributed by atoms with Crippen LogP contribution < -0.4 is 5.32 Å². The van der Waals surface area contributed by atoms with Crippen molar-refractivity contribution in [1.82, 2.24) is 10.2 Å². The van der Waals surface area contributed by atoms with Crippen molar-refractivity contribution in [2.45, 2.75) is 56.6 Å². The Bertz CT molecular complexity index is 1120. The smallest absolute Gasteiger partial charge is 0.349 e. The van der Waals surface area contributed by atoms with Crippen molar-refractivity contribution in [3.8, 4) is 11.8 Å². The third kappa shape index (κ3) is 7.05. The number of alkyl halides is 6. The molecule has 4 nitrogen and oxygen atoms in total. The third-order valence-electron chi connectivity index (χ3n) is 6.62. The van der Waals surface area contributed by atoms with Crippen molar-refractivity contribution in [2.75, 3.05) is 26.2 Å². The van der Waals surface area contributed by atoms with E-state index in [4.69, 9.17) is 9.47 Å². The van der Waals surface area contributed by atoms with Gasteiger partial charge >= 0.3 is 12.4 Å². The first-order chi connectivity index (χ1) is 17.9. The highest BCUT2D eigenvalue weighted by Crippen LogP contribution is 2.39. The summed E-state index contributed by atoms with van der Waals surface area (Å²) in [7, 11) is 0. The van der Waals surface area contributed by atoms with Crippen LogP contribution in [0.25, 0.3) is 0 Å². The number of ether oxygens (including phenoxy) is 2. The molecule has 206 valence electrons. The predicted molar refractivity (Wildman–Crippen MR) is 125 cm³/mol. The van der Waals surface area contributed by atoms with E-state index in [2.05, 4.69) is 17.2 Å². The Morgan fingerprint density at radius 1 is 1.03 bits per heavy atom. The molecule has 0 spiro atoms. The zero-order chi connectivity index (χ0) is 27.5. The van der Waals surface area contributed by atoms with Crippen molar-refractivity contribution >= 4 is 0 Å². The summed E-state index contributed by atoms with van der Waals surface area (Å²) in [5.74, 6) is 5.79. The zero-order valence-electron chi connectivity index (χ0n) is 20.5. The van der Waals surface area contributed by atoms with Gasteiger partial charge in [0.05, 0.1) is 36.4 Å². The molecule has 4 atom stereocenters. The summed E-state index contributed by atoms with van der Waals surface area (Å²) in [6.45, 7) is 3.32. The number of halogens is 7. The number of benzene rings is 2. The van der Waals surface area contributed by atoms with Crippen molar-refractivity contribution in [3.05, 3.63) is 70.5 Å². The molecule has 0 aliphatic carbocycles. The lowest BCUT2D eigenvalue weighted by atomic mass is 10.0. The van der Waals surface area contributed by atoms with Crippen molar-refractivity contribution in [1.29, 1.82) is 0 Å². The lowest BCUT2D eigenvalue weighted by Crippen LogP contribution is -2.47. The van der Waals surface area contributed by atoms with Gasteiger partial charge in [-0.1, -0.05) is 18.1 Å². The number of hydrogen-bond acceptors (Lipinski definition) is 4. The van der Waals surface area contributed by atoms with Crippen LogP contribution in [0.15, 0.2) is 42.5 Å². The fraction of sp³-hybridized carbons (Fsp3) is 0.481. The lowest BCUT2D eigenvalue weighted by Gasteiger charge is -2.41. The van der Waals surface area contributed by atoms with Crippen molar-refractivity contribution < 1.29 is 40.2 Å². The summed E-state index contributed by atoms with van der Waals surface area (Å²) >= 11 is 0.